The second-order valence-corrected chi connectivity index (χ2v) is 5.43. The van der Waals surface area contributed by atoms with Crippen LogP contribution in [0.15, 0.2) is 28.7 Å². The van der Waals surface area contributed by atoms with Crippen molar-refractivity contribution < 1.29 is 0 Å². The first-order valence-electron chi connectivity index (χ1n) is 5.68. The standard InChI is InChI=1S/C13H19BrClN/c1-11(2)16(9-5-8-15)10-12-6-3-4-7-13(12)14/h3-4,6-7,11H,5,8-10H2,1-2H3. The Balaban J connectivity index is 2.64. The van der Waals surface area contributed by atoms with Crippen molar-refractivity contribution in [3.63, 3.8) is 0 Å². The van der Waals surface area contributed by atoms with Crippen molar-refractivity contribution in [3.05, 3.63) is 34.3 Å². The fourth-order valence-corrected chi connectivity index (χ4v) is 2.16. The highest BCUT2D eigenvalue weighted by Crippen LogP contribution is 2.19. The van der Waals surface area contributed by atoms with Gasteiger partial charge in [0.05, 0.1) is 0 Å². The van der Waals surface area contributed by atoms with Gasteiger partial charge in [-0.25, -0.2) is 0 Å². The zero-order valence-electron chi connectivity index (χ0n) is 9.92. The number of rotatable bonds is 6. The molecule has 0 aliphatic carbocycles. The van der Waals surface area contributed by atoms with Crippen LogP contribution in [-0.4, -0.2) is 23.4 Å². The highest BCUT2D eigenvalue weighted by Gasteiger charge is 2.10. The zero-order valence-corrected chi connectivity index (χ0v) is 12.3. The van der Waals surface area contributed by atoms with E-state index in [-0.39, 0.29) is 0 Å². The molecule has 0 N–H and O–H groups in total. The third-order valence-corrected chi connectivity index (χ3v) is 3.68. The molecule has 3 heteroatoms. The highest BCUT2D eigenvalue weighted by atomic mass is 79.9. The van der Waals surface area contributed by atoms with E-state index in [4.69, 9.17) is 11.6 Å². The van der Waals surface area contributed by atoms with Crippen molar-refractivity contribution >= 4 is 27.5 Å². The van der Waals surface area contributed by atoms with Gasteiger partial charge in [0.1, 0.15) is 0 Å². The third kappa shape index (κ3) is 4.44. The summed E-state index contributed by atoms with van der Waals surface area (Å²) in [6.07, 6.45) is 1.05. The topological polar surface area (TPSA) is 3.24 Å². The average molecular weight is 305 g/mol. The summed E-state index contributed by atoms with van der Waals surface area (Å²) in [5.41, 5.74) is 1.34. The Morgan fingerprint density at radius 2 is 2.00 bits per heavy atom. The molecule has 0 bridgehead atoms. The summed E-state index contributed by atoms with van der Waals surface area (Å²) < 4.78 is 1.19. The van der Waals surface area contributed by atoms with Crippen molar-refractivity contribution in [1.29, 1.82) is 0 Å². The Hall–Kier alpha value is -0.0500. The van der Waals surface area contributed by atoms with E-state index in [1.54, 1.807) is 0 Å². The third-order valence-electron chi connectivity index (χ3n) is 2.64. The lowest BCUT2D eigenvalue weighted by Gasteiger charge is -2.26. The lowest BCUT2D eigenvalue weighted by molar-refractivity contribution is 0.213. The number of nitrogens with zero attached hydrogens (tertiary/aromatic N) is 1. The van der Waals surface area contributed by atoms with Crippen molar-refractivity contribution in [2.24, 2.45) is 0 Å². The highest BCUT2D eigenvalue weighted by molar-refractivity contribution is 9.10. The van der Waals surface area contributed by atoms with Crippen LogP contribution in [0.2, 0.25) is 0 Å². The molecule has 0 saturated carbocycles. The van der Waals surface area contributed by atoms with E-state index in [9.17, 15) is 0 Å². The molecule has 0 aromatic heterocycles. The molecule has 0 spiro atoms. The first kappa shape index (κ1) is 14.0. The van der Waals surface area contributed by atoms with E-state index in [0.29, 0.717) is 6.04 Å². The van der Waals surface area contributed by atoms with Gasteiger partial charge < -0.3 is 0 Å². The molecule has 1 nitrogen and oxygen atoms in total. The molecule has 0 saturated heterocycles. The zero-order chi connectivity index (χ0) is 12.0. The van der Waals surface area contributed by atoms with E-state index in [1.165, 1.54) is 10.0 Å². The van der Waals surface area contributed by atoms with Gasteiger partial charge in [0.25, 0.3) is 0 Å². The van der Waals surface area contributed by atoms with Crippen LogP contribution in [0.1, 0.15) is 25.8 Å². The molecule has 16 heavy (non-hydrogen) atoms. The second-order valence-electron chi connectivity index (χ2n) is 4.20. The monoisotopic (exact) mass is 303 g/mol. The molecule has 0 amide bonds. The van der Waals surface area contributed by atoms with Crippen molar-refractivity contribution in [2.45, 2.75) is 32.9 Å². The molecule has 1 rings (SSSR count). The summed E-state index contributed by atoms with van der Waals surface area (Å²) in [5.74, 6) is 0.735. The number of alkyl halides is 1. The molecular formula is C13H19BrClN. The Kier molecular flexibility index (Phi) is 6.40. The first-order chi connectivity index (χ1) is 7.65. The minimum atomic E-state index is 0.551. The smallest absolute Gasteiger partial charge is 0.0247 e. The fourth-order valence-electron chi connectivity index (χ4n) is 1.63. The quantitative estimate of drug-likeness (QED) is 0.709. The summed E-state index contributed by atoms with van der Waals surface area (Å²) in [5, 5.41) is 0. The second kappa shape index (κ2) is 7.31. The Morgan fingerprint density at radius 3 is 2.56 bits per heavy atom. The van der Waals surface area contributed by atoms with Gasteiger partial charge in [-0.15, -0.1) is 11.6 Å². The molecule has 0 atom stereocenters. The van der Waals surface area contributed by atoms with E-state index in [1.807, 2.05) is 6.07 Å². The lowest BCUT2D eigenvalue weighted by Crippen LogP contribution is -2.31. The molecule has 0 aliphatic rings. The van der Waals surface area contributed by atoms with Gasteiger partial charge in [0, 0.05) is 22.9 Å². The molecule has 0 heterocycles. The van der Waals surface area contributed by atoms with E-state index in [0.717, 1.165) is 25.4 Å². The van der Waals surface area contributed by atoms with E-state index < -0.39 is 0 Å². The maximum absolute atomic E-state index is 5.75. The summed E-state index contributed by atoms with van der Waals surface area (Å²) in [6, 6.07) is 8.94. The van der Waals surface area contributed by atoms with Crippen LogP contribution in [0.25, 0.3) is 0 Å². The van der Waals surface area contributed by atoms with E-state index in [2.05, 4.69) is 52.9 Å². The van der Waals surface area contributed by atoms with Crippen LogP contribution >= 0.6 is 27.5 Å². The summed E-state index contributed by atoms with van der Waals surface area (Å²) in [4.78, 5) is 2.45. The normalized spacial score (nSPS) is 11.4. The largest absolute Gasteiger partial charge is 0.297 e. The SMILES string of the molecule is CC(C)N(CCCCl)Cc1ccccc1Br. The van der Waals surface area contributed by atoms with Gasteiger partial charge in [0.15, 0.2) is 0 Å². The first-order valence-corrected chi connectivity index (χ1v) is 7.01. The molecular weight excluding hydrogens is 286 g/mol. The molecule has 1 aromatic carbocycles. The van der Waals surface area contributed by atoms with Gasteiger partial charge in [0.2, 0.25) is 0 Å². The average Bonchev–Trinajstić information content (AvgIpc) is 2.26. The lowest BCUT2D eigenvalue weighted by atomic mass is 10.2. The van der Waals surface area contributed by atoms with Crippen molar-refractivity contribution in [3.8, 4) is 0 Å². The number of benzene rings is 1. The van der Waals surface area contributed by atoms with Gasteiger partial charge in [-0.05, 0) is 38.4 Å². The van der Waals surface area contributed by atoms with Crippen LogP contribution in [-0.2, 0) is 6.54 Å². The number of hydrogen-bond acceptors (Lipinski definition) is 1. The predicted molar refractivity (Wildman–Crippen MR) is 75.0 cm³/mol. The van der Waals surface area contributed by atoms with Crippen molar-refractivity contribution in [1.82, 2.24) is 4.90 Å². The van der Waals surface area contributed by atoms with Gasteiger partial charge in [-0.3, -0.25) is 4.90 Å². The Morgan fingerprint density at radius 1 is 1.31 bits per heavy atom. The summed E-state index contributed by atoms with van der Waals surface area (Å²) in [6.45, 7) is 6.49. The Bertz CT molecular complexity index is 315. The molecule has 90 valence electrons. The molecule has 0 aliphatic heterocycles. The number of halogens is 2. The fraction of sp³-hybridized carbons (Fsp3) is 0.538. The van der Waals surface area contributed by atoms with Gasteiger partial charge >= 0.3 is 0 Å². The predicted octanol–water partition coefficient (Wildman–Crippen LogP) is 4.29. The van der Waals surface area contributed by atoms with Crippen LogP contribution in [0.5, 0.6) is 0 Å². The van der Waals surface area contributed by atoms with Crippen LogP contribution in [0.3, 0.4) is 0 Å². The van der Waals surface area contributed by atoms with Crippen LogP contribution < -0.4 is 0 Å². The summed E-state index contributed by atoms with van der Waals surface area (Å²) >= 11 is 9.34. The van der Waals surface area contributed by atoms with Crippen LogP contribution in [0.4, 0.5) is 0 Å². The molecule has 1 aromatic rings. The van der Waals surface area contributed by atoms with Gasteiger partial charge in [-0.1, -0.05) is 34.1 Å². The maximum Gasteiger partial charge on any atom is 0.0247 e. The van der Waals surface area contributed by atoms with Crippen LogP contribution in [0, 0.1) is 0 Å². The minimum Gasteiger partial charge on any atom is -0.297 e. The molecule has 0 unspecified atom stereocenters. The number of hydrogen-bond donors (Lipinski definition) is 0. The summed E-state index contributed by atoms with van der Waals surface area (Å²) in [7, 11) is 0. The maximum atomic E-state index is 5.75. The Labute approximate surface area is 112 Å². The van der Waals surface area contributed by atoms with Gasteiger partial charge in [-0.2, -0.15) is 0 Å². The van der Waals surface area contributed by atoms with E-state index >= 15 is 0 Å². The molecule has 0 radical (unpaired) electrons. The minimum absolute atomic E-state index is 0.551. The van der Waals surface area contributed by atoms with Crippen molar-refractivity contribution in [2.75, 3.05) is 12.4 Å². The molecule has 0 fully saturated rings.